The quantitative estimate of drug-likeness (QED) is 0.0112. The van der Waals surface area contributed by atoms with Gasteiger partial charge in [-0.1, -0.05) is 85.8 Å². The number of rotatable bonds is 45. The molecule has 1 aromatic heterocycles. The van der Waals surface area contributed by atoms with Crippen LogP contribution in [0.5, 0.6) is 0 Å². The highest BCUT2D eigenvalue weighted by Gasteiger charge is 2.39. The zero-order chi connectivity index (χ0) is 78.2. The molecule has 0 bridgehead atoms. The number of carboxylic acids is 3. The van der Waals surface area contributed by atoms with E-state index in [9.17, 15) is 97.8 Å². The van der Waals surface area contributed by atoms with Gasteiger partial charge in [0.25, 0.3) is 0 Å². The van der Waals surface area contributed by atoms with Crippen molar-refractivity contribution in [2.24, 2.45) is 22.2 Å². The fourth-order valence-corrected chi connectivity index (χ4v) is 10.7. The standard InChI is InChI=1S/C68H94N16O21/c1-6-42(75-66(104)55(35(3)86)74-37(5)88)58(96)76-44(22-15-29-72-68(70)71)59(97)80-48(30-38-16-9-7-10-17-38)63(101)77-46(24-27-52(91)92)61(99)82-50(32-40-33-73-43-21-14-13-20-41(40)43)65(103)78-45(23-26-51(89)90)60(98)81-49(31-39-18-11-8-12-19-39)64(102)79-47(25-28-53(93)94)62(100)84-56(36(4)87)67(105)83-54(34(2)85)57(69)95/h7-14,16-21,33-36,42,44-50,54-56,73,85-87H,6,15,22-32H2,1-5H3,(H2,69,95)(H,74,88)(H,75,104)(H,76,96)(H,77,101)(H,78,103)(H,79,102)(H,80,97)(H,81,98)(H,82,99)(H,83,105)(H,84,100)(H,89,90)(H,91,92)(H,93,94)(H4,70,71,72)/t34-,35-,36-,42+,44+,45+,46+,47+,48+,49+,50+,54+,55+,56+/m1/s1. The molecular formula is C68H94N16O21. The molecule has 24 N–H and O–H groups in total. The SMILES string of the molecule is CC[C@H](NC(=O)[C@@H](NC(C)=O)[C@@H](C)O)C(=O)N[C@@H](CCCN=C(N)N)C(=O)N[C@@H](Cc1ccccc1)C(=O)N[C@@H](CCC(=O)O)C(=O)N[C@@H](Cc1c[nH]c2ccccc12)C(=O)N[C@@H](CCC(=O)O)C(=O)N[C@@H](Cc1ccccc1)C(=O)N[C@@H](CCC(=O)O)C(=O)N[C@H](C(=O)N[C@H](C(N)=O)[C@@H](C)O)[C@@H](C)O. The van der Waals surface area contributed by atoms with Crippen LogP contribution in [0.25, 0.3) is 10.9 Å². The van der Waals surface area contributed by atoms with Crippen LogP contribution in [0.4, 0.5) is 0 Å². The molecule has 14 atom stereocenters. The number of nitrogens with zero attached hydrogens (tertiary/aromatic N) is 1. The molecule has 0 aliphatic carbocycles. The van der Waals surface area contributed by atoms with Crippen molar-refractivity contribution < 1.29 is 103 Å². The van der Waals surface area contributed by atoms with Crippen LogP contribution in [0.2, 0.25) is 0 Å². The predicted molar refractivity (Wildman–Crippen MR) is 374 cm³/mol. The number of aliphatic carboxylic acids is 3. The van der Waals surface area contributed by atoms with Crippen molar-refractivity contribution in [2.75, 3.05) is 6.54 Å². The number of aliphatic hydroxyl groups is 3. The first-order valence-electron chi connectivity index (χ1n) is 33.6. The van der Waals surface area contributed by atoms with Crippen molar-refractivity contribution in [3.63, 3.8) is 0 Å². The Morgan fingerprint density at radius 1 is 0.410 bits per heavy atom. The second-order valence-electron chi connectivity index (χ2n) is 24.9. The van der Waals surface area contributed by atoms with E-state index in [1.54, 1.807) is 72.8 Å². The molecule has 0 spiro atoms. The van der Waals surface area contributed by atoms with Gasteiger partial charge in [-0.2, -0.15) is 0 Å². The molecule has 3 aromatic carbocycles. The number of fused-ring (bicyclic) bond motifs is 1. The minimum absolute atomic E-state index is 0.0399. The third-order valence-corrected chi connectivity index (χ3v) is 16.3. The summed E-state index contributed by atoms with van der Waals surface area (Å²) in [6.07, 6.45) is -9.02. The van der Waals surface area contributed by atoms with E-state index in [4.69, 9.17) is 17.2 Å². The highest BCUT2D eigenvalue weighted by atomic mass is 16.4. The zero-order valence-corrected chi connectivity index (χ0v) is 58.4. The number of aromatic amines is 1. The Balaban J connectivity index is 1.76. The van der Waals surface area contributed by atoms with Gasteiger partial charge in [0.1, 0.15) is 66.5 Å². The van der Waals surface area contributed by atoms with E-state index in [1.165, 1.54) is 32.2 Å². The van der Waals surface area contributed by atoms with Crippen LogP contribution < -0.4 is 75.7 Å². The van der Waals surface area contributed by atoms with E-state index in [0.717, 1.165) is 20.8 Å². The van der Waals surface area contributed by atoms with E-state index < -0.39 is 225 Å². The largest absolute Gasteiger partial charge is 0.481 e. The molecule has 572 valence electrons. The Bertz CT molecular complexity index is 3720. The van der Waals surface area contributed by atoms with Crippen molar-refractivity contribution >= 4 is 106 Å². The molecule has 1 heterocycles. The summed E-state index contributed by atoms with van der Waals surface area (Å²) in [7, 11) is 0. The molecule has 105 heavy (non-hydrogen) atoms. The lowest BCUT2D eigenvalue weighted by molar-refractivity contribution is -0.139. The monoisotopic (exact) mass is 1470 g/mol. The number of nitrogens with one attached hydrogen (secondary N) is 12. The smallest absolute Gasteiger partial charge is 0.303 e. The summed E-state index contributed by atoms with van der Waals surface area (Å²) in [6.45, 7) is 5.99. The summed E-state index contributed by atoms with van der Waals surface area (Å²) in [5.41, 5.74) is 18.1. The number of nitrogens with two attached hydrogens (primary N) is 3. The molecular weight excluding hydrogens is 1380 g/mol. The number of primary amides is 1. The number of carboxylic acid groups (broad SMARTS) is 3. The number of aliphatic hydroxyl groups excluding tert-OH is 3. The topological polar surface area (TPSA) is 616 Å². The lowest BCUT2D eigenvalue weighted by Gasteiger charge is -2.29. The number of hydrogen-bond acceptors (Lipinski definition) is 19. The first-order chi connectivity index (χ1) is 49.6. The predicted octanol–water partition coefficient (Wildman–Crippen LogP) is -4.77. The highest BCUT2D eigenvalue weighted by Crippen LogP contribution is 2.21. The fraction of sp³-hybridized carbons (Fsp3) is 0.471. The molecule has 0 aliphatic rings. The second kappa shape index (κ2) is 42.7. The van der Waals surface area contributed by atoms with Gasteiger partial charge < -0.3 is 111 Å². The maximum atomic E-state index is 15.0. The van der Waals surface area contributed by atoms with E-state index in [1.807, 2.05) is 0 Å². The fourth-order valence-electron chi connectivity index (χ4n) is 10.7. The van der Waals surface area contributed by atoms with Crippen LogP contribution >= 0.6 is 0 Å². The third kappa shape index (κ3) is 29.3. The number of aliphatic imine (C=N–C) groups is 1. The van der Waals surface area contributed by atoms with Gasteiger partial charge in [-0.3, -0.25) is 76.9 Å². The Labute approximate surface area is 602 Å². The second-order valence-corrected chi connectivity index (χ2v) is 24.9. The van der Waals surface area contributed by atoms with Crippen LogP contribution in [-0.2, 0) is 91.2 Å². The van der Waals surface area contributed by atoms with Gasteiger partial charge in [-0.05, 0) is 82.1 Å². The van der Waals surface area contributed by atoms with Crippen LogP contribution in [0.1, 0.15) is 109 Å². The number of benzene rings is 3. The molecule has 37 nitrogen and oxygen atoms in total. The number of guanidine groups is 1. The van der Waals surface area contributed by atoms with E-state index >= 15 is 4.79 Å². The Kier molecular flexibility index (Phi) is 34.9. The van der Waals surface area contributed by atoms with E-state index in [0.29, 0.717) is 27.6 Å². The summed E-state index contributed by atoms with van der Waals surface area (Å²) in [4.78, 5) is 211. The van der Waals surface area contributed by atoms with Crippen LogP contribution in [-0.4, -0.2) is 222 Å². The number of para-hydroxylation sites is 1. The lowest BCUT2D eigenvalue weighted by Crippen LogP contribution is -2.62. The first kappa shape index (κ1) is 85.8. The van der Waals surface area contributed by atoms with E-state index in [-0.39, 0.29) is 38.2 Å². The maximum Gasteiger partial charge on any atom is 0.303 e. The number of amides is 12. The Hall–Kier alpha value is -11.6. The van der Waals surface area contributed by atoms with Gasteiger partial charge in [-0.25, -0.2) is 0 Å². The molecule has 0 fully saturated rings. The molecule has 37 heteroatoms. The van der Waals surface area contributed by atoms with Gasteiger partial charge in [0.2, 0.25) is 70.9 Å². The molecule has 0 unspecified atom stereocenters. The minimum Gasteiger partial charge on any atom is -0.481 e. The number of H-pyrrole nitrogens is 1. The molecule has 0 saturated carbocycles. The summed E-state index contributed by atoms with van der Waals surface area (Å²) in [5.74, 6) is -17.8. The van der Waals surface area contributed by atoms with Crippen molar-refractivity contribution in [1.82, 2.24) is 63.5 Å². The minimum atomic E-state index is -1.91. The molecule has 12 amide bonds. The third-order valence-electron chi connectivity index (χ3n) is 16.3. The van der Waals surface area contributed by atoms with Gasteiger partial charge >= 0.3 is 17.9 Å². The normalized spacial score (nSPS) is 15.0. The highest BCUT2D eigenvalue weighted by molar-refractivity contribution is 6.00. The average Bonchev–Trinajstić information content (AvgIpc) is 1.71. The van der Waals surface area contributed by atoms with Crippen molar-refractivity contribution in [3.8, 4) is 0 Å². The summed E-state index contributed by atoms with van der Waals surface area (Å²) >= 11 is 0. The maximum absolute atomic E-state index is 15.0. The lowest BCUT2D eigenvalue weighted by atomic mass is 10.0. The van der Waals surface area contributed by atoms with Crippen molar-refractivity contribution in [2.45, 2.75) is 196 Å². The average molecular weight is 1470 g/mol. The van der Waals surface area contributed by atoms with Gasteiger partial charge in [0.15, 0.2) is 5.96 Å². The molecule has 0 saturated heterocycles. The number of carbonyl (C=O) groups is 15. The van der Waals surface area contributed by atoms with Gasteiger partial charge in [0, 0.05) is 69.1 Å². The molecule has 4 rings (SSSR count). The van der Waals surface area contributed by atoms with E-state index in [2.05, 4.69) is 68.5 Å². The summed E-state index contributed by atoms with van der Waals surface area (Å²) in [5, 5.41) is 87.5. The van der Waals surface area contributed by atoms with Crippen molar-refractivity contribution in [1.29, 1.82) is 0 Å². The van der Waals surface area contributed by atoms with Gasteiger partial charge in [-0.15, -0.1) is 0 Å². The molecule has 0 radical (unpaired) electrons. The zero-order valence-electron chi connectivity index (χ0n) is 58.4. The Morgan fingerprint density at radius 3 is 1.13 bits per heavy atom. The van der Waals surface area contributed by atoms with Crippen LogP contribution in [0, 0.1) is 0 Å². The number of hydrogen-bond donors (Lipinski definition) is 21. The number of carbonyl (C=O) groups excluding carboxylic acids is 12. The molecule has 4 aromatic rings. The summed E-state index contributed by atoms with van der Waals surface area (Å²) < 4.78 is 0. The van der Waals surface area contributed by atoms with Gasteiger partial charge in [0.05, 0.1) is 18.3 Å². The molecule has 0 aliphatic heterocycles. The first-order valence-corrected chi connectivity index (χ1v) is 33.6. The van der Waals surface area contributed by atoms with Crippen LogP contribution in [0.15, 0.2) is 96.1 Å². The summed E-state index contributed by atoms with van der Waals surface area (Å²) in [6, 6.07) is 3.79. The Morgan fingerprint density at radius 2 is 0.743 bits per heavy atom. The van der Waals surface area contributed by atoms with Crippen LogP contribution in [0.3, 0.4) is 0 Å². The number of aromatic nitrogens is 1. The van der Waals surface area contributed by atoms with Crippen molar-refractivity contribution in [3.05, 3.63) is 108 Å².